The molecule has 0 amide bonds. The van der Waals surface area contributed by atoms with Gasteiger partial charge < -0.3 is 5.11 Å². The Bertz CT molecular complexity index is 83.8. The first-order chi connectivity index (χ1) is 3.38. The first kappa shape index (κ1) is 4.71. The van der Waals surface area contributed by atoms with Gasteiger partial charge in [-0.15, -0.1) is 0 Å². The summed E-state index contributed by atoms with van der Waals surface area (Å²) in [5, 5.41) is 11.1. The normalized spacial score (nSPS) is 37.9. The van der Waals surface area contributed by atoms with E-state index in [1.54, 1.807) is 0 Å². The van der Waals surface area contributed by atoms with Gasteiger partial charge in [-0.1, -0.05) is 5.18 Å². The molecule has 1 saturated carbocycles. The Balaban J connectivity index is 2.17. The minimum Gasteiger partial charge on any atom is -0.396 e. The van der Waals surface area contributed by atoms with E-state index in [9.17, 15) is 4.91 Å². The zero-order valence-electron chi connectivity index (χ0n) is 3.87. The SMILES string of the molecule is O=NC1CC1CO. The fourth-order valence-electron chi connectivity index (χ4n) is 0.557. The molecular formula is C4H7NO2. The van der Waals surface area contributed by atoms with E-state index < -0.39 is 0 Å². The highest BCUT2D eigenvalue weighted by Gasteiger charge is 2.37. The van der Waals surface area contributed by atoms with E-state index in [0.29, 0.717) is 0 Å². The highest BCUT2D eigenvalue weighted by atomic mass is 16.3. The molecule has 0 heterocycles. The maximum atomic E-state index is 9.58. The van der Waals surface area contributed by atoms with Crippen molar-refractivity contribution in [2.24, 2.45) is 11.1 Å². The van der Waals surface area contributed by atoms with Gasteiger partial charge in [-0.25, -0.2) is 0 Å². The summed E-state index contributed by atoms with van der Waals surface area (Å²) < 4.78 is 0. The molecule has 1 rings (SSSR count). The second-order valence-corrected chi connectivity index (χ2v) is 1.85. The second kappa shape index (κ2) is 1.58. The van der Waals surface area contributed by atoms with Crippen molar-refractivity contribution in [2.75, 3.05) is 6.61 Å². The van der Waals surface area contributed by atoms with E-state index in [2.05, 4.69) is 5.18 Å². The van der Waals surface area contributed by atoms with Gasteiger partial charge in [-0.05, 0) is 6.42 Å². The number of nitroso groups, excluding NO2 is 1. The van der Waals surface area contributed by atoms with Gasteiger partial charge in [0, 0.05) is 12.5 Å². The fourth-order valence-corrected chi connectivity index (χ4v) is 0.557. The van der Waals surface area contributed by atoms with Crippen LogP contribution in [0.1, 0.15) is 6.42 Å². The minimum absolute atomic E-state index is 0.0648. The molecule has 0 radical (unpaired) electrons. The van der Waals surface area contributed by atoms with Gasteiger partial charge in [0.05, 0.1) is 6.04 Å². The highest BCUT2D eigenvalue weighted by Crippen LogP contribution is 2.32. The van der Waals surface area contributed by atoms with Gasteiger partial charge in [0.15, 0.2) is 0 Å². The van der Waals surface area contributed by atoms with Crippen LogP contribution in [-0.2, 0) is 0 Å². The number of hydrogen-bond donors (Lipinski definition) is 1. The van der Waals surface area contributed by atoms with Gasteiger partial charge in [-0.2, -0.15) is 4.91 Å². The Kier molecular flexibility index (Phi) is 1.06. The number of aliphatic hydroxyl groups excluding tert-OH is 1. The predicted molar refractivity (Wildman–Crippen MR) is 24.8 cm³/mol. The molecule has 0 aromatic carbocycles. The summed E-state index contributed by atoms with van der Waals surface area (Å²) in [6.07, 6.45) is 0.792. The largest absolute Gasteiger partial charge is 0.396 e. The van der Waals surface area contributed by atoms with Crippen molar-refractivity contribution in [3.05, 3.63) is 4.91 Å². The third-order valence-corrected chi connectivity index (χ3v) is 1.26. The molecule has 1 N–H and O–H groups in total. The van der Waals surface area contributed by atoms with E-state index in [-0.39, 0.29) is 18.6 Å². The van der Waals surface area contributed by atoms with Crippen molar-refractivity contribution < 1.29 is 5.11 Å². The average molecular weight is 101 g/mol. The van der Waals surface area contributed by atoms with Crippen molar-refractivity contribution >= 4 is 0 Å². The zero-order chi connectivity index (χ0) is 5.28. The van der Waals surface area contributed by atoms with Crippen LogP contribution in [0.25, 0.3) is 0 Å². The standard InChI is InChI=1S/C4H7NO2/c6-2-3-1-4(3)5-7/h3-4,6H,1-2H2. The molecule has 2 atom stereocenters. The smallest absolute Gasteiger partial charge is 0.0974 e. The topological polar surface area (TPSA) is 49.7 Å². The Morgan fingerprint density at radius 1 is 1.86 bits per heavy atom. The molecule has 3 heteroatoms. The minimum atomic E-state index is -0.0648. The summed E-state index contributed by atoms with van der Waals surface area (Å²) in [4.78, 5) is 9.58. The van der Waals surface area contributed by atoms with Crippen LogP contribution in [0.4, 0.5) is 0 Å². The van der Waals surface area contributed by atoms with Gasteiger partial charge in [-0.3, -0.25) is 0 Å². The summed E-state index contributed by atoms with van der Waals surface area (Å²) in [6, 6.07) is -0.0648. The maximum absolute atomic E-state index is 9.58. The molecular weight excluding hydrogens is 94.0 g/mol. The summed E-state index contributed by atoms with van der Waals surface area (Å²) in [7, 11) is 0. The molecule has 1 aliphatic carbocycles. The summed E-state index contributed by atoms with van der Waals surface area (Å²) in [5.74, 6) is 0.192. The van der Waals surface area contributed by atoms with Crippen LogP contribution in [0.15, 0.2) is 5.18 Å². The molecule has 3 nitrogen and oxygen atoms in total. The van der Waals surface area contributed by atoms with E-state index >= 15 is 0 Å². The molecule has 40 valence electrons. The molecule has 0 aromatic rings. The molecule has 0 aromatic heterocycles. The van der Waals surface area contributed by atoms with Gasteiger partial charge in [0.1, 0.15) is 0 Å². The third kappa shape index (κ3) is 0.771. The quantitative estimate of drug-likeness (QED) is 0.503. The van der Waals surface area contributed by atoms with Crippen LogP contribution in [0, 0.1) is 10.8 Å². The lowest BCUT2D eigenvalue weighted by Gasteiger charge is -1.78. The molecule has 0 spiro atoms. The average Bonchev–Trinajstić information content (AvgIpc) is 2.43. The summed E-state index contributed by atoms with van der Waals surface area (Å²) >= 11 is 0. The molecule has 1 aliphatic rings. The number of hydrogen-bond acceptors (Lipinski definition) is 3. The van der Waals surface area contributed by atoms with Crippen molar-refractivity contribution in [3.63, 3.8) is 0 Å². The van der Waals surface area contributed by atoms with Crippen LogP contribution in [0.3, 0.4) is 0 Å². The molecule has 0 aliphatic heterocycles. The van der Waals surface area contributed by atoms with Crippen LogP contribution in [-0.4, -0.2) is 17.8 Å². The number of rotatable bonds is 2. The van der Waals surface area contributed by atoms with Crippen LogP contribution >= 0.6 is 0 Å². The van der Waals surface area contributed by atoms with E-state index in [1.807, 2.05) is 0 Å². The highest BCUT2D eigenvalue weighted by molar-refractivity contribution is 4.91. The van der Waals surface area contributed by atoms with Crippen LogP contribution in [0.5, 0.6) is 0 Å². The van der Waals surface area contributed by atoms with Crippen LogP contribution < -0.4 is 0 Å². The van der Waals surface area contributed by atoms with Crippen LogP contribution in [0.2, 0.25) is 0 Å². The second-order valence-electron chi connectivity index (χ2n) is 1.85. The lowest BCUT2D eigenvalue weighted by atomic mass is 10.4. The van der Waals surface area contributed by atoms with Gasteiger partial charge in [0.25, 0.3) is 0 Å². The predicted octanol–water partition coefficient (Wildman–Crippen LogP) is 0.134. The zero-order valence-corrected chi connectivity index (χ0v) is 3.87. The molecule has 7 heavy (non-hydrogen) atoms. The Hall–Kier alpha value is -0.440. The lowest BCUT2D eigenvalue weighted by Crippen LogP contribution is -1.87. The molecule has 2 unspecified atom stereocenters. The number of aliphatic hydroxyl groups is 1. The van der Waals surface area contributed by atoms with Gasteiger partial charge in [0.2, 0.25) is 0 Å². The van der Waals surface area contributed by atoms with Crippen molar-refractivity contribution in [2.45, 2.75) is 12.5 Å². The lowest BCUT2D eigenvalue weighted by molar-refractivity contribution is 0.274. The molecule has 1 fully saturated rings. The maximum Gasteiger partial charge on any atom is 0.0974 e. The first-order valence-electron chi connectivity index (χ1n) is 2.32. The molecule has 0 bridgehead atoms. The Morgan fingerprint density at radius 3 is 2.71 bits per heavy atom. The van der Waals surface area contributed by atoms with E-state index in [1.165, 1.54) is 0 Å². The third-order valence-electron chi connectivity index (χ3n) is 1.26. The summed E-state index contributed by atoms with van der Waals surface area (Å²) in [5.41, 5.74) is 0. The van der Waals surface area contributed by atoms with E-state index in [4.69, 9.17) is 5.11 Å². The molecule has 0 saturated heterocycles. The Labute approximate surface area is 41.3 Å². The number of nitrogens with zero attached hydrogens (tertiary/aromatic N) is 1. The van der Waals surface area contributed by atoms with Gasteiger partial charge >= 0.3 is 0 Å². The fraction of sp³-hybridized carbons (Fsp3) is 1.00. The van der Waals surface area contributed by atoms with Crippen molar-refractivity contribution in [1.82, 2.24) is 0 Å². The Morgan fingerprint density at radius 2 is 2.57 bits per heavy atom. The monoisotopic (exact) mass is 101 g/mol. The van der Waals surface area contributed by atoms with E-state index in [0.717, 1.165) is 6.42 Å². The summed E-state index contributed by atoms with van der Waals surface area (Å²) in [6.45, 7) is 0.121. The van der Waals surface area contributed by atoms with Crippen molar-refractivity contribution in [3.8, 4) is 0 Å². The first-order valence-corrected chi connectivity index (χ1v) is 2.32. The van der Waals surface area contributed by atoms with Crippen molar-refractivity contribution in [1.29, 1.82) is 0 Å².